The molecule has 0 aliphatic rings. The number of benzene rings is 4. The van der Waals surface area contributed by atoms with Crippen molar-refractivity contribution in [1.82, 2.24) is 0 Å². The number of carbonyl (C=O) groups is 2. The van der Waals surface area contributed by atoms with Crippen molar-refractivity contribution in [3.8, 4) is 34.1 Å². The molecule has 0 saturated carbocycles. The Morgan fingerprint density at radius 2 is 1.09 bits per heavy atom. The maximum absolute atomic E-state index is 12.9. The van der Waals surface area contributed by atoms with Crippen molar-refractivity contribution in [3.05, 3.63) is 105 Å². The van der Waals surface area contributed by atoms with E-state index in [1.165, 1.54) is 44.6 Å². The van der Waals surface area contributed by atoms with Gasteiger partial charge in [-0.3, -0.25) is 0 Å². The standard InChI is InChI=1S/C32H29ClO10/c1-40-29-12-23(17-37)26(13-30(29)41-2)31(38)42-24-6-3-18(4-7-24)19-5-8-28(27(33)11-19)43-32(39)25-10-21(15-35)20(14-34)9-22(25)16-36/h3-13,34-37H,14-17H2,1-2H3. The van der Waals surface area contributed by atoms with Crippen molar-refractivity contribution in [3.63, 3.8) is 0 Å². The lowest BCUT2D eigenvalue weighted by molar-refractivity contribution is 0.0721. The highest BCUT2D eigenvalue weighted by atomic mass is 35.5. The van der Waals surface area contributed by atoms with Crippen LogP contribution in [0.1, 0.15) is 43.0 Å². The van der Waals surface area contributed by atoms with Crippen molar-refractivity contribution >= 4 is 23.5 Å². The van der Waals surface area contributed by atoms with E-state index < -0.39 is 31.8 Å². The van der Waals surface area contributed by atoms with E-state index in [0.717, 1.165) is 5.56 Å². The Morgan fingerprint density at radius 1 is 0.581 bits per heavy atom. The Morgan fingerprint density at radius 3 is 1.67 bits per heavy atom. The molecule has 11 heteroatoms. The zero-order chi connectivity index (χ0) is 31.1. The summed E-state index contributed by atoms with van der Waals surface area (Å²) in [7, 11) is 2.89. The number of aliphatic hydroxyl groups excluding tert-OH is 4. The highest BCUT2D eigenvalue weighted by Crippen LogP contribution is 2.34. The molecule has 0 fully saturated rings. The average Bonchev–Trinajstić information content (AvgIpc) is 3.04. The van der Waals surface area contributed by atoms with Gasteiger partial charge in [-0.15, -0.1) is 0 Å². The summed E-state index contributed by atoms with van der Waals surface area (Å²) in [4.78, 5) is 25.8. The minimum absolute atomic E-state index is 0.0354. The molecule has 0 heterocycles. The minimum atomic E-state index is -0.789. The number of carbonyl (C=O) groups excluding carboxylic acids is 2. The Hall–Kier alpha value is -4.45. The Bertz CT molecular complexity index is 1630. The van der Waals surface area contributed by atoms with Gasteiger partial charge in [0.25, 0.3) is 0 Å². The minimum Gasteiger partial charge on any atom is -0.493 e. The summed E-state index contributed by atoms with van der Waals surface area (Å²) in [6.45, 7) is -1.65. The van der Waals surface area contributed by atoms with E-state index in [0.29, 0.717) is 33.8 Å². The summed E-state index contributed by atoms with van der Waals surface area (Å²) in [6.07, 6.45) is 0. The van der Waals surface area contributed by atoms with Crippen molar-refractivity contribution in [2.24, 2.45) is 0 Å². The smallest absolute Gasteiger partial charge is 0.344 e. The summed E-state index contributed by atoms with van der Waals surface area (Å²) < 4.78 is 21.5. The van der Waals surface area contributed by atoms with Crippen LogP contribution in [0.5, 0.6) is 23.0 Å². The highest BCUT2D eigenvalue weighted by molar-refractivity contribution is 6.32. The summed E-state index contributed by atoms with van der Waals surface area (Å²) in [5.74, 6) is -0.448. The number of hydrogen-bond acceptors (Lipinski definition) is 10. The third kappa shape index (κ3) is 6.96. The van der Waals surface area contributed by atoms with Crippen LogP contribution in [0.4, 0.5) is 0 Å². The third-order valence-corrected chi connectivity index (χ3v) is 6.98. The number of aliphatic hydroxyl groups is 4. The first-order chi connectivity index (χ1) is 20.8. The van der Waals surface area contributed by atoms with Crippen LogP contribution in [-0.4, -0.2) is 46.6 Å². The zero-order valence-electron chi connectivity index (χ0n) is 23.3. The SMILES string of the molecule is COc1cc(CO)c(C(=O)Oc2ccc(-c3ccc(OC(=O)c4cc(CO)c(CO)cc4CO)c(Cl)c3)cc2)cc1OC. The number of esters is 2. The first kappa shape index (κ1) is 31.5. The molecule has 0 aliphatic carbocycles. The molecule has 43 heavy (non-hydrogen) atoms. The van der Waals surface area contributed by atoms with Crippen LogP contribution in [0.25, 0.3) is 11.1 Å². The molecule has 4 aromatic rings. The lowest BCUT2D eigenvalue weighted by atomic mass is 9.99. The average molecular weight is 609 g/mol. The van der Waals surface area contributed by atoms with E-state index in [4.69, 9.17) is 30.5 Å². The zero-order valence-corrected chi connectivity index (χ0v) is 24.1. The van der Waals surface area contributed by atoms with Gasteiger partial charge in [0.2, 0.25) is 0 Å². The second kappa shape index (κ2) is 14.1. The molecule has 0 bridgehead atoms. The van der Waals surface area contributed by atoms with Crippen molar-refractivity contribution in [2.45, 2.75) is 26.4 Å². The largest absolute Gasteiger partial charge is 0.493 e. The quantitative estimate of drug-likeness (QED) is 0.142. The highest BCUT2D eigenvalue weighted by Gasteiger charge is 2.20. The molecule has 0 aromatic heterocycles. The van der Waals surface area contributed by atoms with Gasteiger partial charge in [-0.2, -0.15) is 0 Å². The van der Waals surface area contributed by atoms with E-state index in [9.17, 15) is 30.0 Å². The number of rotatable bonds is 11. The summed E-state index contributed by atoms with van der Waals surface area (Å²) in [6, 6.07) is 17.2. The van der Waals surface area contributed by atoms with Gasteiger partial charge >= 0.3 is 11.9 Å². The van der Waals surface area contributed by atoms with Gasteiger partial charge in [0, 0.05) is 0 Å². The van der Waals surface area contributed by atoms with Crippen LogP contribution in [0, 0.1) is 0 Å². The molecule has 0 radical (unpaired) electrons. The maximum Gasteiger partial charge on any atom is 0.344 e. The molecule has 0 amide bonds. The molecule has 10 nitrogen and oxygen atoms in total. The van der Waals surface area contributed by atoms with Gasteiger partial charge in [0.1, 0.15) is 11.5 Å². The molecule has 0 aliphatic heterocycles. The van der Waals surface area contributed by atoms with Crippen LogP contribution in [0.15, 0.2) is 66.7 Å². The fourth-order valence-electron chi connectivity index (χ4n) is 4.39. The normalized spacial score (nSPS) is 10.8. The number of ether oxygens (including phenoxy) is 4. The monoisotopic (exact) mass is 608 g/mol. The molecule has 4 N–H and O–H groups in total. The van der Waals surface area contributed by atoms with Crippen molar-refractivity contribution in [2.75, 3.05) is 14.2 Å². The first-order valence-corrected chi connectivity index (χ1v) is 13.3. The van der Waals surface area contributed by atoms with Crippen LogP contribution in [0.2, 0.25) is 5.02 Å². The topological polar surface area (TPSA) is 152 Å². The van der Waals surface area contributed by atoms with Gasteiger partial charge in [0.15, 0.2) is 11.5 Å². The van der Waals surface area contributed by atoms with E-state index in [2.05, 4.69) is 0 Å². The third-order valence-electron chi connectivity index (χ3n) is 6.69. The fraction of sp³-hybridized carbons (Fsp3) is 0.188. The van der Waals surface area contributed by atoms with Gasteiger partial charge in [0.05, 0.1) is 56.8 Å². The molecular weight excluding hydrogens is 580 g/mol. The summed E-state index contributed by atoms with van der Waals surface area (Å²) in [5.41, 5.74) is 2.86. The van der Waals surface area contributed by atoms with E-state index in [1.54, 1.807) is 36.4 Å². The molecule has 0 unspecified atom stereocenters. The molecule has 4 rings (SSSR count). The number of methoxy groups -OCH3 is 2. The Labute approximate surface area is 252 Å². The summed E-state index contributed by atoms with van der Waals surface area (Å²) in [5, 5.41) is 38.6. The number of halogens is 1. The van der Waals surface area contributed by atoms with E-state index >= 15 is 0 Å². The van der Waals surface area contributed by atoms with Crippen LogP contribution < -0.4 is 18.9 Å². The van der Waals surface area contributed by atoms with Crippen molar-refractivity contribution < 1.29 is 49.0 Å². The van der Waals surface area contributed by atoms with Gasteiger partial charge in [-0.05, 0) is 81.9 Å². The van der Waals surface area contributed by atoms with Crippen LogP contribution in [0.3, 0.4) is 0 Å². The maximum atomic E-state index is 12.9. The molecule has 224 valence electrons. The van der Waals surface area contributed by atoms with Crippen LogP contribution in [-0.2, 0) is 26.4 Å². The van der Waals surface area contributed by atoms with Gasteiger partial charge < -0.3 is 39.4 Å². The fourth-order valence-corrected chi connectivity index (χ4v) is 4.61. The second-order valence-electron chi connectivity index (χ2n) is 9.22. The molecule has 4 aromatic carbocycles. The molecule has 0 atom stereocenters. The molecule has 0 spiro atoms. The lowest BCUT2D eigenvalue weighted by Gasteiger charge is -2.14. The number of hydrogen-bond donors (Lipinski definition) is 4. The Balaban J connectivity index is 1.50. The predicted molar refractivity (Wildman–Crippen MR) is 156 cm³/mol. The van der Waals surface area contributed by atoms with E-state index in [-0.39, 0.29) is 39.8 Å². The predicted octanol–water partition coefficient (Wildman–Crippen LogP) is 4.43. The van der Waals surface area contributed by atoms with Crippen molar-refractivity contribution in [1.29, 1.82) is 0 Å². The molecule has 0 saturated heterocycles. The lowest BCUT2D eigenvalue weighted by Crippen LogP contribution is -2.14. The Kier molecular flexibility index (Phi) is 10.4. The first-order valence-electron chi connectivity index (χ1n) is 12.9. The van der Waals surface area contributed by atoms with E-state index in [1.807, 2.05) is 0 Å². The second-order valence-corrected chi connectivity index (χ2v) is 9.63. The van der Waals surface area contributed by atoms with Gasteiger partial charge in [-0.1, -0.05) is 29.8 Å². The van der Waals surface area contributed by atoms with Crippen LogP contribution >= 0.6 is 11.6 Å². The van der Waals surface area contributed by atoms with Gasteiger partial charge in [-0.25, -0.2) is 9.59 Å². The molecular formula is C32H29ClO10. The summed E-state index contributed by atoms with van der Waals surface area (Å²) >= 11 is 6.42.